The van der Waals surface area contributed by atoms with Gasteiger partial charge in [0.2, 0.25) is 0 Å². The van der Waals surface area contributed by atoms with Gasteiger partial charge in [-0.2, -0.15) is 0 Å². The molecule has 0 unspecified atom stereocenters. The van der Waals surface area contributed by atoms with E-state index in [2.05, 4.69) is 12.2 Å². The van der Waals surface area contributed by atoms with E-state index in [9.17, 15) is 4.39 Å². The normalized spacial score (nSPS) is 10.8. The lowest BCUT2D eigenvalue weighted by Gasteiger charge is -2.12. The van der Waals surface area contributed by atoms with Crippen LogP contribution in [0.1, 0.15) is 18.9 Å². The molecule has 0 heterocycles. The molecule has 1 N–H and O–H groups in total. The maximum Gasteiger partial charge on any atom is 0.141 e. The van der Waals surface area contributed by atoms with Gasteiger partial charge in [-0.25, -0.2) is 4.39 Å². The Morgan fingerprint density at radius 3 is 2.60 bits per heavy atom. The van der Waals surface area contributed by atoms with Crippen LogP contribution in [0, 0.1) is 5.82 Å². The molecule has 0 bridgehead atoms. The second-order valence-electron chi connectivity index (χ2n) is 4.61. The van der Waals surface area contributed by atoms with Gasteiger partial charge < -0.3 is 5.32 Å². The number of halogens is 3. The summed E-state index contributed by atoms with van der Waals surface area (Å²) in [6.07, 6.45) is 1.07. The summed E-state index contributed by atoms with van der Waals surface area (Å²) in [6, 6.07) is 10.5. The van der Waals surface area contributed by atoms with Gasteiger partial charge in [0.15, 0.2) is 0 Å². The van der Waals surface area contributed by atoms with Crippen molar-refractivity contribution in [2.45, 2.75) is 19.9 Å². The van der Waals surface area contributed by atoms with Gasteiger partial charge in [-0.1, -0.05) is 42.3 Å². The van der Waals surface area contributed by atoms with E-state index in [0.717, 1.165) is 36.2 Å². The minimum absolute atomic E-state index is 0.130. The summed E-state index contributed by atoms with van der Waals surface area (Å²) in [5.41, 5.74) is 2.98. The van der Waals surface area contributed by atoms with E-state index in [0.29, 0.717) is 5.02 Å². The zero-order valence-corrected chi connectivity index (χ0v) is 12.7. The maximum absolute atomic E-state index is 13.3. The van der Waals surface area contributed by atoms with Crippen LogP contribution in [0.2, 0.25) is 10.0 Å². The third-order valence-corrected chi connectivity index (χ3v) is 3.56. The Bertz CT molecular complexity index is 599. The van der Waals surface area contributed by atoms with Gasteiger partial charge in [0.1, 0.15) is 5.82 Å². The molecule has 0 fully saturated rings. The van der Waals surface area contributed by atoms with Gasteiger partial charge in [-0.15, -0.1) is 0 Å². The van der Waals surface area contributed by atoms with Gasteiger partial charge in [0.25, 0.3) is 0 Å². The van der Waals surface area contributed by atoms with Crippen LogP contribution in [0.5, 0.6) is 0 Å². The quantitative estimate of drug-likeness (QED) is 0.739. The molecule has 2 aromatic carbocycles. The third kappa shape index (κ3) is 3.72. The van der Waals surface area contributed by atoms with E-state index >= 15 is 0 Å². The lowest BCUT2D eigenvalue weighted by atomic mass is 9.99. The highest BCUT2D eigenvalue weighted by Gasteiger charge is 2.08. The summed E-state index contributed by atoms with van der Waals surface area (Å²) in [6.45, 7) is 3.78. The van der Waals surface area contributed by atoms with Crippen molar-refractivity contribution >= 4 is 23.2 Å². The van der Waals surface area contributed by atoms with Gasteiger partial charge in [-0.05, 0) is 53.9 Å². The smallest absolute Gasteiger partial charge is 0.141 e. The number of benzene rings is 2. The molecule has 0 spiro atoms. The molecule has 0 aromatic heterocycles. The fourth-order valence-corrected chi connectivity index (χ4v) is 2.43. The molecular formula is C16H16Cl2FN. The maximum atomic E-state index is 13.3. The van der Waals surface area contributed by atoms with Gasteiger partial charge in [0, 0.05) is 11.6 Å². The standard InChI is InChI=1S/C16H16Cl2FN/c1-2-7-20-10-12-8-13(17)4-5-14(12)11-3-6-16(19)15(18)9-11/h3-6,8-9,20H,2,7,10H2,1H3. The van der Waals surface area contributed by atoms with Crippen LogP contribution in [0.3, 0.4) is 0 Å². The summed E-state index contributed by atoms with van der Waals surface area (Å²) < 4.78 is 13.3. The Morgan fingerprint density at radius 1 is 1.10 bits per heavy atom. The minimum Gasteiger partial charge on any atom is -0.313 e. The van der Waals surface area contributed by atoms with Crippen molar-refractivity contribution in [1.29, 1.82) is 0 Å². The molecule has 1 nitrogen and oxygen atoms in total. The van der Waals surface area contributed by atoms with E-state index in [1.54, 1.807) is 12.1 Å². The third-order valence-electron chi connectivity index (χ3n) is 3.04. The number of hydrogen-bond acceptors (Lipinski definition) is 1. The molecule has 20 heavy (non-hydrogen) atoms. The van der Waals surface area contributed by atoms with Crippen LogP contribution in [0.15, 0.2) is 36.4 Å². The summed E-state index contributed by atoms with van der Waals surface area (Å²) in [5, 5.41) is 4.17. The molecule has 0 aliphatic carbocycles. The molecule has 0 aliphatic heterocycles. The zero-order chi connectivity index (χ0) is 14.5. The van der Waals surface area contributed by atoms with Crippen molar-refractivity contribution in [1.82, 2.24) is 5.32 Å². The van der Waals surface area contributed by atoms with Crippen LogP contribution in [0.4, 0.5) is 4.39 Å². The molecule has 0 saturated carbocycles. The molecule has 106 valence electrons. The van der Waals surface area contributed by atoms with Crippen LogP contribution >= 0.6 is 23.2 Å². The minimum atomic E-state index is -0.407. The van der Waals surface area contributed by atoms with Crippen molar-refractivity contribution in [2.75, 3.05) is 6.54 Å². The van der Waals surface area contributed by atoms with Gasteiger partial charge in [-0.3, -0.25) is 0 Å². The largest absolute Gasteiger partial charge is 0.313 e. The summed E-state index contributed by atoms with van der Waals surface area (Å²) in [7, 11) is 0. The first kappa shape index (κ1) is 15.3. The molecule has 2 rings (SSSR count). The van der Waals surface area contributed by atoms with Crippen molar-refractivity contribution in [3.63, 3.8) is 0 Å². The molecular weight excluding hydrogens is 296 g/mol. The number of nitrogens with one attached hydrogen (secondary N) is 1. The molecule has 2 aromatic rings. The highest BCUT2D eigenvalue weighted by Crippen LogP contribution is 2.29. The molecule has 0 aliphatic rings. The molecule has 0 atom stereocenters. The van der Waals surface area contributed by atoms with E-state index in [-0.39, 0.29) is 5.02 Å². The second-order valence-corrected chi connectivity index (χ2v) is 5.45. The van der Waals surface area contributed by atoms with Crippen molar-refractivity contribution in [3.8, 4) is 11.1 Å². The summed E-state index contributed by atoms with van der Waals surface area (Å²) in [4.78, 5) is 0. The van der Waals surface area contributed by atoms with Crippen LogP contribution in [-0.4, -0.2) is 6.54 Å². The lowest BCUT2D eigenvalue weighted by Crippen LogP contribution is -2.14. The first-order valence-electron chi connectivity index (χ1n) is 6.56. The Labute approximate surface area is 128 Å². The number of hydrogen-bond donors (Lipinski definition) is 1. The van der Waals surface area contributed by atoms with E-state index in [1.165, 1.54) is 6.07 Å². The number of rotatable bonds is 5. The van der Waals surface area contributed by atoms with E-state index in [1.807, 2.05) is 18.2 Å². The predicted molar refractivity (Wildman–Crippen MR) is 83.9 cm³/mol. The van der Waals surface area contributed by atoms with Crippen LogP contribution in [0.25, 0.3) is 11.1 Å². The summed E-state index contributed by atoms with van der Waals surface area (Å²) >= 11 is 11.9. The lowest BCUT2D eigenvalue weighted by molar-refractivity contribution is 0.628. The first-order chi connectivity index (χ1) is 9.61. The average Bonchev–Trinajstić information content (AvgIpc) is 2.43. The molecule has 0 saturated heterocycles. The predicted octanol–water partition coefficient (Wildman–Crippen LogP) is 5.30. The topological polar surface area (TPSA) is 12.0 Å². The Kier molecular flexibility index (Phi) is 5.41. The van der Waals surface area contributed by atoms with E-state index in [4.69, 9.17) is 23.2 Å². The van der Waals surface area contributed by atoms with Crippen LogP contribution < -0.4 is 5.32 Å². The SMILES string of the molecule is CCCNCc1cc(Cl)ccc1-c1ccc(F)c(Cl)c1. The van der Waals surface area contributed by atoms with Crippen LogP contribution in [-0.2, 0) is 6.54 Å². The highest BCUT2D eigenvalue weighted by atomic mass is 35.5. The Balaban J connectivity index is 2.36. The summed E-state index contributed by atoms with van der Waals surface area (Å²) in [5.74, 6) is -0.407. The molecule has 0 amide bonds. The second kappa shape index (κ2) is 7.07. The van der Waals surface area contributed by atoms with E-state index < -0.39 is 5.82 Å². The fraction of sp³-hybridized carbons (Fsp3) is 0.250. The van der Waals surface area contributed by atoms with Crippen molar-refractivity contribution < 1.29 is 4.39 Å². The fourth-order valence-electron chi connectivity index (χ4n) is 2.05. The van der Waals surface area contributed by atoms with Crippen molar-refractivity contribution in [3.05, 3.63) is 57.8 Å². The first-order valence-corrected chi connectivity index (χ1v) is 7.32. The molecule has 4 heteroatoms. The Hall–Kier alpha value is -1.09. The zero-order valence-electron chi connectivity index (χ0n) is 11.2. The average molecular weight is 312 g/mol. The highest BCUT2D eigenvalue weighted by molar-refractivity contribution is 6.31. The Morgan fingerprint density at radius 2 is 1.90 bits per heavy atom. The van der Waals surface area contributed by atoms with Crippen molar-refractivity contribution in [2.24, 2.45) is 0 Å². The molecule has 0 radical (unpaired) electrons. The monoisotopic (exact) mass is 311 g/mol. The van der Waals surface area contributed by atoms with Gasteiger partial charge in [0.05, 0.1) is 5.02 Å². The van der Waals surface area contributed by atoms with Gasteiger partial charge >= 0.3 is 0 Å².